The van der Waals surface area contributed by atoms with Crippen molar-refractivity contribution in [2.45, 2.75) is 39.3 Å². The molecule has 3 N–H and O–H groups in total. The minimum Gasteiger partial charge on any atom is -0.479 e. The SMILES string of the molecule is CCCC(Oc1c(C)cccc1CN)C(=O)O. The first-order valence-corrected chi connectivity index (χ1v) is 5.78. The fraction of sp³-hybridized carbons (Fsp3) is 0.462. The standard InChI is InChI=1S/C13H19NO3/c1-3-5-11(13(15)16)17-12-9(2)6-4-7-10(12)8-14/h4,6-7,11H,3,5,8,14H2,1-2H3,(H,15,16). The minimum atomic E-state index is -0.932. The van der Waals surface area contributed by atoms with E-state index in [9.17, 15) is 4.79 Å². The molecule has 17 heavy (non-hydrogen) atoms. The zero-order valence-corrected chi connectivity index (χ0v) is 10.3. The second-order valence-electron chi connectivity index (χ2n) is 4.00. The number of aryl methyl sites for hydroxylation is 1. The summed E-state index contributed by atoms with van der Waals surface area (Å²) >= 11 is 0. The second-order valence-corrected chi connectivity index (χ2v) is 4.00. The number of rotatable bonds is 6. The molecule has 0 heterocycles. The lowest BCUT2D eigenvalue weighted by molar-refractivity contribution is -0.145. The van der Waals surface area contributed by atoms with Crippen LogP contribution < -0.4 is 10.5 Å². The van der Waals surface area contributed by atoms with Crippen LogP contribution in [0.5, 0.6) is 5.75 Å². The van der Waals surface area contributed by atoms with Crippen molar-refractivity contribution in [3.05, 3.63) is 29.3 Å². The number of carboxylic acids is 1. The number of nitrogens with two attached hydrogens (primary N) is 1. The van der Waals surface area contributed by atoms with Gasteiger partial charge in [0.1, 0.15) is 5.75 Å². The van der Waals surface area contributed by atoms with Gasteiger partial charge in [0.2, 0.25) is 0 Å². The largest absolute Gasteiger partial charge is 0.479 e. The van der Waals surface area contributed by atoms with Crippen molar-refractivity contribution in [1.82, 2.24) is 0 Å². The molecule has 0 aromatic heterocycles. The normalized spacial score (nSPS) is 12.2. The molecule has 0 fully saturated rings. The molecule has 1 aromatic carbocycles. The van der Waals surface area contributed by atoms with Gasteiger partial charge in [0, 0.05) is 12.1 Å². The van der Waals surface area contributed by atoms with Gasteiger partial charge in [-0.15, -0.1) is 0 Å². The molecule has 1 aromatic rings. The molecular weight excluding hydrogens is 218 g/mol. The number of hydrogen-bond acceptors (Lipinski definition) is 3. The highest BCUT2D eigenvalue weighted by Gasteiger charge is 2.20. The summed E-state index contributed by atoms with van der Waals surface area (Å²) in [5.41, 5.74) is 7.37. The Kier molecular flexibility index (Phi) is 4.97. The number of carbonyl (C=O) groups is 1. The molecule has 1 rings (SSSR count). The lowest BCUT2D eigenvalue weighted by Gasteiger charge is -2.18. The van der Waals surface area contributed by atoms with Crippen LogP contribution in [0.3, 0.4) is 0 Å². The van der Waals surface area contributed by atoms with Crippen molar-refractivity contribution in [3.63, 3.8) is 0 Å². The van der Waals surface area contributed by atoms with Crippen molar-refractivity contribution in [3.8, 4) is 5.75 Å². The summed E-state index contributed by atoms with van der Waals surface area (Å²) in [6.45, 7) is 4.16. The molecule has 0 spiro atoms. The molecule has 94 valence electrons. The third-order valence-electron chi connectivity index (χ3n) is 2.60. The van der Waals surface area contributed by atoms with Crippen LogP contribution in [0, 0.1) is 6.92 Å². The molecule has 0 amide bonds. The zero-order valence-electron chi connectivity index (χ0n) is 10.3. The lowest BCUT2D eigenvalue weighted by atomic mass is 10.1. The molecule has 0 aliphatic heterocycles. The second kappa shape index (κ2) is 6.25. The van der Waals surface area contributed by atoms with Gasteiger partial charge in [-0.05, 0) is 18.9 Å². The van der Waals surface area contributed by atoms with E-state index in [1.807, 2.05) is 32.0 Å². The first kappa shape index (κ1) is 13.5. The van der Waals surface area contributed by atoms with E-state index in [2.05, 4.69) is 0 Å². The van der Waals surface area contributed by atoms with Crippen LogP contribution in [0.15, 0.2) is 18.2 Å². The Morgan fingerprint density at radius 3 is 2.76 bits per heavy atom. The van der Waals surface area contributed by atoms with Gasteiger partial charge in [-0.25, -0.2) is 4.79 Å². The van der Waals surface area contributed by atoms with Crippen LogP contribution in [0.2, 0.25) is 0 Å². The third kappa shape index (κ3) is 3.46. The summed E-state index contributed by atoms with van der Waals surface area (Å²) in [7, 11) is 0. The fourth-order valence-electron chi connectivity index (χ4n) is 1.68. The van der Waals surface area contributed by atoms with Crippen molar-refractivity contribution in [2.24, 2.45) is 5.73 Å². The summed E-state index contributed by atoms with van der Waals surface area (Å²) in [5.74, 6) is -0.325. The number of para-hydroxylation sites is 1. The van der Waals surface area contributed by atoms with E-state index in [-0.39, 0.29) is 0 Å². The molecular formula is C13H19NO3. The van der Waals surface area contributed by atoms with Crippen LogP contribution in [0.25, 0.3) is 0 Å². The molecule has 4 nitrogen and oxygen atoms in total. The Balaban J connectivity index is 2.95. The average Bonchev–Trinajstić information content (AvgIpc) is 2.30. The Morgan fingerprint density at radius 1 is 1.53 bits per heavy atom. The Morgan fingerprint density at radius 2 is 2.24 bits per heavy atom. The molecule has 0 saturated carbocycles. The van der Waals surface area contributed by atoms with Crippen LogP contribution in [-0.4, -0.2) is 17.2 Å². The smallest absolute Gasteiger partial charge is 0.344 e. The summed E-state index contributed by atoms with van der Waals surface area (Å²) in [6.07, 6.45) is 0.459. The molecule has 0 aliphatic carbocycles. The highest BCUT2D eigenvalue weighted by atomic mass is 16.5. The molecule has 1 atom stereocenters. The minimum absolute atomic E-state index is 0.343. The van der Waals surface area contributed by atoms with Gasteiger partial charge in [-0.2, -0.15) is 0 Å². The summed E-state index contributed by atoms with van der Waals surface area (Å²) in [4.78, 5) is 11.0. The van der Waals surface area contributed by atoms with Crippen molar-refractivity contribution >= 4 is 5.97 Å². The third-order valence-corrected chi connectivity index (χ3v) is 2.60. The number of benzene rings is 1. The first-order valence-electron chi connectivity index (χ1n) is 5.78. The van der Waals surface area contributed by atoms with Gasteiger partial charge < -0.3 is 15.6 Å². The van der Waals surface area contributed by atoms with E-state index in [4.69, 9.17) is 15.6 Å². The topological polar surface area (TPSA) is 72.5 Å². The van der Waals surface area contributed by atoms with E-state index >= 15 is 0 Å². The van der Waals surface area contributed by atoms with Crippen LogP contribution in [-0.2, 0) is 11.3 Å². The first-order chi connectivity index (χ1) is 8.10. The molecule has 0 saturated heterocycles. The van der Waals surface area contributed by atoms with Crippen molar-refractivity contribution < 1.29 is 14.6 Å². The zero-order chi connectivity index (χ0) is 12.8. The van der Waals surface area contributed by atoms with E-state index in [0.717, 1.165) is 17.5 Å². The van der Waals surface area contributed by atoms with Crippen molar-refractivity contribution in [1.29, 1.82) is 0 Å². The van der Waals surface area contributed by atoms with Gasteiger partial charge in [-0.3, -0.25) is 0 Å². The van der Waals surface area contributed by atoms with Crippen molar-refractivity contribution in [2.75, 3.05) is 0 Å². The van der Waals surface area contributed by atoms with Crippen LogP contribution >= 0.6 is 0 Å². The number of aliphatic carboxylic acids is 1. The summed E-state index contributed by atoms with van der Waals surface area (Å²) in [6, 6.07) is 5.63. The molecule has 0 bridgehead atoms. The molecule has 1 unspecified atom stereocenters. The maximum absolute atomic E-state index is 11.0. The van der Waals surface area contributed by atoms with E-state index in [0.29, 0.717) is 18.7 Å². The van der Waals surface area contributed by atoms with E-state index < -0.39 is 12.1 Å². The molecule has 0 radical (unpaired) electrons. The fourth-order valence-corrected chi connectivity index (χ4v) is 1.68. The quantitative estimate of drug-likeness (QED) is 0.794. The molecule has 0 aliphatic rings. The Hall–Kier alpha value is -1.55. The predicted octanol–water partition coefficient (Wildman–Crippen LogP) is 2.09. The van der Waals surface area contributed by atoms with E-state index in [1.165, 1.54) is 0 Å². The number of ether oxygens (including phenoxy) is 1. The number of carboxylic acid groups (broad SMARTS) is 1. The Labute approximate surface area is 101 Å². The predicted molar refractivity (Wildman–Crippen MR) is 66.0 cm³/mol. The maximum atomic E-state index is 11.0. The molecule has 4 heteroatoms. The Bertz CT molecular complexity index is 390. The highest BCUT2D eigenvalue weighted by Crippen LogP contribution is 2.25. The monoisotopic (exact) mass is 237 g/mol. The average molecular weight is 237 g/mol. The van der Waals surface area contributed by atoms with Gasteiger partial charge in [0.15, 0.2) is 6.10 Å². The van der Waals surface area contributed by atoms with E-state index in [1.54, 1.807) is 0 Å². The summed E-state index contributed by atoms with van der Waals surface area (Å²) < 4.78 is 5.59. The number of hydrogen-bond donors (Lipinski definition) is 2. The van der Waals surface area contributed by atoms with Gasteiger partial charge in [0.05, 0.1) is 0 Å². The van der Waals surface area contributed by atoms with Gasteiger partial charge in [-0.1, -0.05) is 31.5 Å². The van der Waals surface area contributed by atoms with Crippen LogP contribution in [0.4, 0.5) is 0 Å². The van der Waals surface area contributed by atoms with Gasteiger partial charge in [0.25, 0.3) is 0 Å². The van der Waals surface area contributed by atoms with Gasteiger partial charge >= 0.3 is 5.97 Å². The maximum Gasteiger partial charge on any atom is 0.344 e. The highest BCUT2D eigenvalue weighted by molar-refractivity contribution is 5.72. The lowest BCUT2D eigenvalue weighted by Crippen LogP contribution is -2.27. The van der Waals surface area contributed by atoms with Crippen LogP contribution in [0.1, 0.15) is 30.9 Å². The summed E-state index contributed by atoms with van der Waals surface area (Å²) in [5, 5.41) is 9.06.